The van der Waals surface area contributed by atoms with Crippen molar-refractivity contribution >= 4 is 10.0 Å². The molecule has 104 valence electrons. The SMILES string of the molecule is CCC(C)(CCO)NCc1ccc(S(N)(=O)=O)o1. The fourth-order valence-corrected chi connectivity index (χ4v) is 2.02. The number of primary sulfonamides is 1. The average molecular weight is 276 g/mol. The highest BCUT2D eigenvalue weighted by atomic mass is 32.2. The van der Waals surface area contributed by atoms with Crippen LogP contribution < -0.4 is 10.5 Å². The lowest BCUT2D eigenvalue weighted by Crippen LogP contribution is -2.41. The van der Waals surface area contributed by atoms with E-state index in [0.29, 0.717) is 18.7 Å². The maximum atomic E-state index is 11.0. The second-order valence-corrected chi connectivity index (χ2v) is 6.00. The lowest BCUT2D eigenvalue weighted by Gasteiger charge is -2.28. The fraction of sp³-hybridized carbons (Fsp3) is 0.636. The predicted octanol–water partition coefficient (Wildman–Crippen LogP) is 0.568. The van der Waals surface area contributed by atoms with Crippen molar-refractivity contribution in [1.29, 1.82) is 0 Å². The van der Waals surface area contributed by atoms with Crippen LogP contribution in [0.1, 0.15) is 32.4 Å². The predicted molar refractivity (Wildman–Crippen MR) is 67.3 cm³/mol. The Kier molecular flexibility index (Phi) is 4.92. The first kappa shape index (κ1) is 15.2. The number of sulfonamides is 1. The molecule has 0 saturated heterocycles. The molecule has 1 rings (SSSR count). The summed E-state index contributed by atoms with van der Waals surface area (Å²) in [6.07, 6.45) is 1.46. The third kappa shape index (κ3) is 4.09. The van der Waals surface area contributed by atoms with Gasteiger partial charge in [-0.05, 0) is 31.9 Å². The summed E-state index contributed by atoms with van der Waals surface area (Å²) in [5, 5.41) is 16.9. The Labute approximate surface area is 107 Å². The highest BCUT2D eigenvalue weighted by Crippen LogP contribution is 2.17. The van der Waals surface area contributed by atoms with E-state index in [1.54, 1.807) is 6.07 Å². The lowest BCUT2D eigenvalue weighted by molar-refractivity contribution is 0.210. The number of aliphatic hydroxyl groups excluding tert-OH is 1. The Balaban J connectivity index is 2.66. The average Bonchev–Trinajstić information content (AvgIpc) is 2.75. The normalized spacial score (nSPS) is 15.6. The van der Waals surface area contributed by atoms with E-state index in [2.05, 4.69) is 5.32 Å². The smallest absolute Gasteiger partial charge is 0.271 e. The van der Waals surface area contributed by atoms with Gasteiger partial charge in [0.05, 0.1) is 6.54 Å². The molecule has 18 heavy (non-hydrogen) atoms. The third-order valence-electron chi connectivity index (χ3n) is 3.05. The highest BCUT2D eigenvalue weighted by molar-refractivity contribution is 7.89. The summed E-state index contributed by atoms with van der Waals surface area (Å²) in [5.41, 5.74) is -0.205. The Morgan fingerprint density at radius 3 is 2.61 bits per heavy atom. The molecule has 0 fully saturated rings. The third-order valence-corrected chi connectivity index (χ3v) is 3.83. The quantitative estimate of drug-likeness (QED) is 0.675. The van der Waals surface area contributed by atoms with Crippen molar-refractivity contribution in [1.82, 2.24) is 5.32 Å². The molecule has 0 aliphatic carbocycles. The van der Waals surface area contributed by atoms with Crippen molar-refractivity contribution in [2.75, 3.05) is 6.61 Å². The van der Waals surface area contributed by atoms with Crippen molar-refractivity contribution in [3.8, 4) is 0 Å². The number of hydrogen-bond acceptors (Lipinski definition) is 5. The first-order valence-corrected chi connectivity index (χ1v) is 7.33. The molecular formula is C11H20N2O4S. The molecule has 1 heterocycles. The van der Waals surface area contributed by atoms with Gasteiger partial charge in [0.15, 0.2) is 0 Å². The second kappa shape index (κ2) is 5.83. The van der Waals surface area contributed by atoms with Gasteiger partial charge in [0.25, 0.3) is 10.0 Å². The van der Waals surface area contributed by atoms with Gasteiger partial charge in [0.1, 0.15) is 5.76 Å². The molecule has 6 nitrogen and oxygen atoms in total. The summed E-state index contributed by atoms with van der Waals surface area (Å²) in [7, 11) is -3.79. The Morgan fingerprint density at radius 1 is 1.50 bits per heavy atom. The zero-order valence-corrected chi connectivity index (χ0v) is 11.5. The summed E-state index contributed by atoms with van der Waals surface area (Å²) < 4.78 is 27.2. The molecular weight excluding hydrogens is 256 g/mol. The zero-order valence-electron chi connectivity index (χ0n) is 10.6. The van der Waals surface area contributed by atoms with Gasteiger partial charge in [0.2, 0.25) is 5.09 Å². The van der Waals surface area contributed by atoms with Gasteiger partial charge in [-0.1, -0.05) is 6.92 Å². The van der Waals surface area contributed by atoms with Crippen LogP contribution in [0.5, 0.6) is 0 Å². The van der Waals surface area contributed by atoms with Gasteiger partial charge in [-0.25, -0.2) is 13.6 Å². The maximum absolute atomic E-state index is 11.0. The van der Waals surface area contributed by atoms with Crippen LogP contribution >= 0.6 is 0 Å². The molecule has 0 radical (unpaired) electrons. The minimum atomic E-state index is -3.79. The summed E-state index contributed by atoms with van der Waals surface area (Å²) >= 11 is 0. The van der Waals surface area contributed by atoms with Gasteiger partial charge < -0.3 is 14.8 Å². The molecule has 0 spiro atoms. The number of hydrogen-bond donors (Lipinski definition) is 3. The van der Waals surface area contributed by atoms with Crippen LogP contribution in [-0.4, -0.2) is 25.7 Å². The summed E-state index contributed by atoms with van der Waals surface area (Å²) in [6.45, 7) is 4.49. The lowest BCUT2D eigenvalue weighted by atomic mass is 9.95. The van der Waals surface area contributed by atoms with Gasteiger partial charge in [-0.2, -0.15) is 0 Å². The first-order chi connectivity index (χ1) is 8.30. The van der Waals surface area contributed by atoms with E-state index in [1.807, 2.05) is 13.8 Å². The van der Waals surface area contributed by atoms with Crippen LogP contribution in [0.3, 0.4) is 0 Å². The van der Waals surface area contributed by atoms with Gasteiger partial charge in [0, 0.05) is 12.1 Å². The van der Waals surface area contributed by atoms with E-state index < -0.39 is 10.0 Å². The first-order valence-electron chi connectivity index (χ1n) is 5.78. The molecule has 0 aromatic carbocycles. The van der Waals surface area contributed by atoms with Crippen LogP contribution in [-0.2, 0) is 16.6 Å². The zero-order chi connectivity index (χ0) is 13.8. The van der Waals surface area contributed by atoms with Gasteiger partial charge >= 0.3 is 0 Å². The molecule has 7 heteroatoms. The Hall–Kier alpha value is -0.890. The van der Waals surface area contributed by atoms with Crippen LogP contribution in [0.15, 0.2) is 21.6 Å². The van der Waals surface area contributed by atoms with Crippen molar-refractivity contribution < 1.29 is 17.9 Å². The molecule has 1 atom stereocenters. The molecule has 0 bridgehead atoms. The maximum Gasteiger partial charge on any atom is 0.271 e. The molecule has 0 aliphatic heterocycles. The number of furan rings is 1. The van der Waals surface area contributed by atoms with E-state index in [-0.39, 0.29) is 17.2 Å². The number of nitrogens with two attached hydrogens (primary N) is 1. The van der Waals surface area contributed by atoms with Crippen LogP contribution in [0.2, 0.25) is 0 Å². The van der Waals surface area contributed by atoms with Crippen LogP contribution in [0.4, 0.5) is 0 Å². The van der Waals surface area contributed by atoms with E-state index in [0.717, 1.165) is 6.42 Å². The summed E-state index contributed by atoms with van der Waals surface area (Å²) in [6, 6.07) is 2.91. The van der Waals surface area contributed by atoms with Crippen LogP contribution in [0.25, 0.3) is 0 Å². The van der Waals surface area contributed by atoms with E-state index in [9.17, 15) is 8.42 Å². The fourth-order valence-electron chi connectivity index (χ4n) is 1.54. The van der Waals surface area contributed by atoms with Crippen molar-refractivity contribution in [2.24, 2.45) is 5.14 Å². The molecule has 0 saturated carbocycles. The molecule has 1 aromatic rings. The van der Waals surface area contributed by atoms with Gasteiger partial charge in [-0.3, -0.25) is 0 Å². The van der Waals surface area contributed by atoms with E-state index in [4.69, 9.17) is 14.7 Å². The number of rotatable bonds is 7. The van der Waals surface area contributed by atoms with Crippen LogP contribution in [0, 0.1) is 0 Å². The van der Waals surface area contributed by atoms with Crippen molar-refractivity contribution in [2.45, 2.75) is 43.9 Å². The molecule has 0 aliphatic rings. The van der Waals surface area contributed by atoms with Gasteiger partial charge in [-0.15, -0.1) is 0 Å². The summed E-state index contributed by atoms with van der Waals surface area (Å²) in [5.74, 6) is 0.497. The second-order valence-electron chi connectivity index (χ2n) is 4.51. The Morgan fingerprint density at radius 2 is 2.17 bits per heavy atom. The summed E-state index contributed by atoms with van der Waals surface area (Å²) in [4.78, 5) is 0. The monoisotopic (exact) mass is 276 g/mol. The minimum Gasteiger partial charge on any atom is -0.447 e. The molecule has 0 amide bonds. The number of nitrogens with one attached hydrogen (secondary N) is 1. The van der Waals surface area contributed by atoms with E-state index >= 15 is 0 Å². The topological polar surface area (TPSA) is 106 Å². The highest BCUT2D eigenvalue weighted by Gasteiger charge is 2.21. The molecule has 1 unspecified atom stereocenters. The standard InChI is InChI=1S/C11H20N2O4S/c1-3-11(2,6-7-14)13-8-9-4-5-10(17-9)18(12,15)16/h4-5,13-14H,3,6-8H2,1-2H3,(H2,12,15,16). The number of aliphatic hydroxyl groups is 1. The van der Waals surface area contributed by atoms with Crippen molar-refractivity contribution in [3.63, 3.8) is 0 Å². The minimum absolute atomic E-state index is 0.0952. The molecule has 1 aromatic heterocycles. The Bertz CT molecular complexity index is 483. The van der Waals surface area contributed by atoms with Crippen molar-refractivity contribution in [3.05, 3.63) is 17.9 Å². The molecule has 4 N–H and O–H groups in total. The largest absolute Gasteiger partial charge is 0.447 e. The van der Waals surface area contributed by atoms with E-state index in [1.165, 1.54) is 6.07 Å².